The minimum Gasteiger partial charge on any atom is -0.351 e. The summed E-state index contributed by atoms with van der Waals surface area (Å²) in [6.45, 7) is 9.54. The largest absolute Gasteiger partial charge is 0.351 e. The van der Waals surface area contributed by atoms with Gasteiger partial charge < -0.3 is 14.8 Å². The molecule has 2 aromatic heterocycles. The van der Waals surface area contributed by atoms with Gasteiger partial charge in [0.2, 0.25) is 0 Å². The number of nitrogens with zero attached hydrogens (tertiary/aromatic N) is 3. The first kappa shape index (κ1) is 22.4. The van der Waals surface area contributed by atoms with E-state index in [1.54, 1.807) is 0 Å². The maximum Gasteiger partial charge on any atom is 0.174 e. The minimum absolute atomic E-state index is 0.000627. The van der Waals surface area contributed by atoms with Crippen molar-refractivity contribution >= 4 is 23.0 Å². The third-order valence-corrected chi connectivity index (χ3v) is 7.01. The summed E-state index contributed by atoms with van der Waals surface area (Å²) in [7, 11) is 0. The Bertz CT molecular complexity index is 1310. The van der Waals surface area contributed by atoms with Crippen molar-refractivity contribution in [2.75, 3.05) is 4.90 Å². The molecule has 4 nitrogen and oxygen atoms in total. The molecular formula is C29H30N4S. The highest BCUT2D eigenvalue weighted by Gasteiger charge is 2.42. The summed E-state index contributed by atoms with van der Waals surface area (Å²) in [5, 5.41) is 4.33. The van der Waals surface area contributed by atoms with Crippen LogP contribution >= 0.6 is 12.2 Å². The summed E-state index contributed by atoms with van der Waals surface area (Å²) in [5.41, 5.74) is 9.64. The van der Waals surface area contributed by atoms with Crippen molar-refractivity contribution in [1.29, 1.82) is 0 Å². The molecular weight excluding hydrogens is 436 g/mol. The van der Waals surface area contributed by atoms with Crippen molar-refractivity contribution in [1.82, 2.24) is 14.9 Å². The lowest BCUT2D eigenvalue weighted by Crippen LogP contribution is -2.29. The number of anilines is 1. The molecule has 2 aromatic carbocycles. The van der Waals surface area contributed by atoms with Crippen LogP contribution in [-0.2, 0) is 6.54 Å². The summed E-state index contributed by atoms with van der Waals surface area (Å²) in [5.74, 6) is 0. The molecule has 0 saturated carbocycles. The summed E-state index contributed by atoms with van der Waals surface area (Å²) in [6.07, 6.45) is 1.86. The lowest BCUT2D eigenvalue weighted by molar-refractivity contribution is 0.563. The minimum atomic E-state index is -0.0415. The fourth-order valence-corrected chi connectivity index (χ4v) is 5.52. The number of aryl methyl sites for hydroxylation is 3. The lowest BCUT2D eigenvalue weighted by atomic mass is 9.96. The van der Waals surface area contributed by atoms with Gasteiger partial charge in [0, 0.05) is 29.8 Å². The smallest absolute Gasteiger partial charge is 0.174 e. The molecule has 1 aliphatic rings. The van der Waals surface area contributed by atoms with Gasteiger partial charge in [0.05, 0.1) is 17.8 Å². The number of pyridine rings is 1. The fraction of sp³-hybridized carbons (Fsp3) is 0.241. The zero-order chi connectivity index (χ0) is 23.8. The first-order chi connectivity index (χ1) is 16.4. The van der Waals surface area contributed by atoms with E-state index in [1.165, 1.54) is 33.6 Å². The van der Waals surface area contributed by atoms with Gasteiger partial charge in [0.25, 0.3) is 0 Å². The van der Waals surface area contributed by atoms with Crippen LogP contribution in [0, 0.1) is 27.7 Å². The molecule has 1 fully saturated rings. The molecule has 1 N–H and O–H groups in total. The molecule has 34 heavy (non-hydrogen) atoms. The molecule has 5 heteroatoms. The Morgan fingerprint density at radius 1 is 0.882 bits per heavy atom. The number of nitrogens with one attached hydrogen (secondary N) is 1. The summed E-state index contributed by atoms with van der Waals surface area (Å²) in [4.78, 5) is 6.99. The van der Waals surface area contributed by atoms with Gasteiger partial charge in [0.15, 0.2) is 5.11 Å². The molecule has 0 amide bonds. The van der Waals surface area contributed by atoms with Crippen LogP contribution in [0.3, 0.4) is 0 Å². The summed E-state index contributed by atoms with van der Waals surface area (Å²) in [6, 6.07) is 25.6. The predicted octanol–water partition coefficient (Wildman–Crippen LogP) is 6.34. The third-order valence-electron chi connectivity index (χ3n) is 6.70. The van der Waals surface area contributed by atoms with E-state index in [0.717, 1.165) is 23.0 Å². The summed E-state index contributed by atoms with van der Waals surface area (Å²) >= 11 is 5.93. The Kier molecular flexibility index (Phi) is 5.96. The van der Waals surface area contributed by atoms with Crippen molar-refractivity contribution in [2.24, 2.45) is 0 Å². The van der Waals surface area contributed by atoms with E-state index in [2.05, 4.69) is 103 Å². The first-order valence-electron chi connectivity index (χ1n) is 11.7. The molecule has 1 saturated heterocycles. The Morgan fingerprint density at radius 3 is 2.26 bits per heavy atom. The molecule has 0 aliphatic carbocycles. The van der Waals surface area contributed by atoms with E-state index in [4.69, 9.17) is 17.2 Å². The van der Waals surface area contributed by atoms with Crippen molar-refractivity contribution in [2.45, 2.75) is 46.3 Å². The second kappa shape index (κ2) is 9.07. The molecule has 1 aliphatic heterocycles. The van der Waals surface area contributed by atoms with Crippen LogP contribution in [0.1, 0.15) is 51.4 Å². The lowest BCUT2D eigenvalue weighted by Gasteiger charge is -2.29. The Labute approximate surface area is 207 Å². The van der Waals surface area contributed by atoms with E-state index < -0.39 is 0 Å². The zero-order valence-electron chi connectivity index (χ0n) is 20.1. The summed E-state index contributed by atoms with van der Waals surface area (Å²) < 4.78 is 2.40. The van der Waals surface area contributed by atoms with Crippen molar-refractivity contribution in [3.05, 3.63) is 118 Å². The van der Waals surface area contributed by atoms with Crippen LogP contribution in [0.4, 0.5) is 5.69 Å². The molecule has 0 bridgehead atoms. The Hall–Kier alpha value is -3.44. The zero-order valence-corrected chi connectivity index (χ0v) is 20.9. The second-order valence-corrected chi connectivity index (χ2v) is 9.63. The maximum absolute atomic E-state index is 5.93. The van der Waals surface area contributed by atoms with Crippen molar-refractivity contribution in [3.63, 3.8) is 0 Å². The topological polar surface area (TPSA) is 33.1 Å². The SMILES string of the molecule is Cc1cc(C)cc(N2C(=S)N[C@@H](c3ccccn3)[C@@H]2c2cc(C)n(Cc3ccccc3)c2C)c1. The monoisotopic (exact) mass is 466 g/mol. The van der Waals surface area contributed by atoms with Gasteiger partial charge in [-0.05, 0) is 92.5 Å². The third kappa shape index (κ3) is 4.12. The number of thiocarbonyl (C=S) groups is 1. The number of rotatable bonds is 5. The van der Waals surface area contributed by atoms with Gasteiger partial charge in [-0.25, -0.2) is 0 Å². The number of hydrogen-bond acceptors (Lipinski definition) is 2. The standard InChI is InChI=1S/C29H30N4S/c1-19-14-20(2)16-24(15-19)33-28(27(31-29(33)34)26-12-8-9-13-30-26)25-17-21(3)32(22(25)4)18-23-10-6-5-7-11-23/h5-17,27-28H,18H2,1-4H3,(H,31,34)/t27-,28-/m0/s1. The van der Waals surface area contributed by atoms with Crippen LogP contribution in [-0.4, -0.2) is 14.7 Å². The van der Waals surface area contributed by atoms with Gasteiger partial charge >= 0.3 is 0 Å². The fourth-order valence-electron chi connectivity index (χ4n) is 5.18. The highest BCUT2D eigenvalue weighted by molar-refractivity contribution is 7.80. The van der Waals surface area contributed by atoms with Crippen LogP contribution in [0.5, 0.6) is 0 Å². The van der Waals surface area contributed by atoms with Gasteiger partial charge in [-0.3, -0.25) is 4.98 Å². The normalized spacial score (nSPS) is 17.8. The molecule has 0 radical (unpaired) electrons. The maximum atomic E-state index is 5.93. The number of hydrogen-bond donors (Lipinski definition) is 1. The molecule has 0 unspecified atom stereocenters. The number of benzene rings is 2. The quantitative estimate of drug-likeness (QED) is 0.348. The van der Waals surface area contributed by atoms with E-state index in [9.17, 15) is 0 Å². The first-order valence-corrected chi connectivity index (χ1v) is 12.1. The van der Waals surface area contributed by atoms with Crippen molar-refractivity contribution in [3.8, 4) is 0 Å². The molecule has 3 heterocycles. The Morgan fingerprint density at radius 2 is 1.59 bits per heavy atom. The van der Waals surface area contributed by atoms with E-state index in [1.807, 2.05) is 18.3 Å². The predicted molar refractivity (Wildman–Crippen MR) is 143 cm³/mol. The van der Waals surface area contributed by atoms with Crippen molar-refractivity contribution < 1.29 is 0 Å². The van der Waals surface area contributed by atoms with Gasteiger partial charge in [-0.15, -0.1) is 0 Å². The molecule has 0 spiro atoms. The van der Waals surface area contributed by atoms with Crippen LogP contribution < -0.4 is 10.2 Å². The van der Waals surface area contributed by atoms with E-state index in [-0.39, 0.29) is 12.1 Å². The van der Waals surface area contributed by atoms with E-state index >= 15 is 0 Å². The average Bonchev–Trinajstić information content (AvgIpc) is 3.30. The second-order valence-electron chi connectivity index (χ2n) is 9.24. The van der Waals surface area contributed by atoms with Gasteiger partial charge in [0.1, 0.15) is 0 Å². The van der Waals surface area contributed by atoms with Crippen LogP contribution in [0.2, 0.25) is 0 Å². The molecule has 5 rings (SSSR count). The highest BCUT2D eigenvalue weighted by atomic mass is 32.1. The molecule has 172 valence electrons. The van der Waals surface area contributed by atoms with Crippen LogP contribution in [0.25, 0.3) is 0 Å². The van der Waals surface area contributed by atoms with E-state index in [0.29, 0.717) is 0 Å². The Balaban J connectivity index is 1.64. The molecule has 4 aromatic rings. The highest BCUT2D eigenvalue weighted by Crippen LogP contribution is 2.43. The van der Waals surface area contributed by atoms with Crippen LogP contribution in [0.15, 0.2) is 79.0 Å². The molecule has 2 atom stereocenters. The van der Waals surface area contributed by atoms with Gasteiger partial charge in [-0.2, -0.15) is 0 Å². The van der Waals surface area contributed by atoms with Gasteiger partial charge in [-0.1, -0.05) is 42.5 Å². The average molecular weight is 467 g/mol. The number of aromatic nitrogens is 2.